The van der Waals surface area contributed by atoms with Crippen LogP contribution in [-0.2, 0) is 13.0 Å². The van der Waals surface area contributed by atoms with Gasteiger partial charge in [-0.25, -0.2) is 9.97 Å². The number of nitrogens with one attached hydrogen (secondary N) is 2. The van der Waals surface area contributed by atoms with E-state index in [1.807, 2.05) is 36.5 Å². The molecule has 0 saturated heterocycles. The molecule has 0 radical (unpaired) electrons. The van der Waals surface area contributed by atoms with Gasteiger partial charge in [0.25, 0.3) is 0 Å². The number of rotatable bonds is 4. The molecule has 2 aromatic heterocycles. The molecule has 0 atom stereocenters. The fourth-order valence-electron chi connectivity index (χ4n) is 2.00. The van der Waals surface area contributed by atoms with Gasteiger partial charge in [-0.2, -0.15) is 0 Å². The van der Waals surface area contributed by atoms with Crippen LogP contribution < -0.4 is 5.32 Å². The molecule has 0 fully saturated rings. The van der Waals surface area contributed by atoms with Crippen molar-refractivity contribution >= 4 is 16.9 Å². The number of hydrogen-bond acceptors (Lipinski definition) is 3. The Morgan fingerprint density at radius 1 is 1.16 bits per heavy atom. The number of nitrogens with zero attached hydrogens (tertiary/aromatic N) is 2. The van der Waals surface area contributed by atoms with Gasteiger partial charge in [0.1, 0.15) is 11.6 Å². The van der Waals surface area contributed by atoms with Crippen LogP contribution in [0.4, 0.5) is 5.82 Å². The fraction of sp³-hybridized carbons (Fsp3) is 0.200. The number of para-hydroxylation sites is 2. The molecular formula is C15H16N4. The maximum Gasteiger partial charge on any atom is 0.126 e. The van der Waals surface area contributed by atoms with Crippen LogP contribution in [-0.4, -0.2) is 15.0 Å². The molecule has 2 N–H and O–H groups in total. The average molecular weight is 252 g/mol. The summed E-state index contributed by atoms with van der Waals surface area (Å²) in [5, 5.41) is 3.27. The number of fused-ring (bicyclic) bond motifs is 1. The first-order valence-electron chi connectivity index (χ1n) is 6.47. The Balaban J connectivity index is 1.70. The Hall–Kier alpha value is -2.36. The molecule has 3 aromatic rings. The van der Waals surface area contributed by atoms with Gasteiger partial charge in [-0.1, -0.05) is 25.1 Å². The molecule has 3 rings (SSSR count). The van der Waals surface area contributed by atoms with E-state index < -0.39 is 0 Å². The monoisotopic (exact) mass is 252 g/mol. The van der Waals surface area contributed by atoms with Gasteiger partial charge in [0.15, 0.2) is 0 Å². The van der Waals surface area contributed by atoms with E-state index in [0.717, 1.165) is 29.1 Å². The van der Waals surface area contributed by atoms with Gasteiger partial charge < -0.3 is 10.3 Å². The second-order valence-electron chi connectivity index (χ2n) is 4.46. The number of H-pyrrole nitrogens is 1. The summed E-state index contributed by atoms with van der Waals surface area (Å²) in [4.78, 5) is 12.2. The molecule has 0 spiro atoms. The van der Waals surface area contributed by atoms with E-state index in [1.54, 1.807) is 0 Å². The first kappa shape index (κ1) is 11.7. The third-order valence-corrected chi connectivity index (χ3v) is 3.11. The Morgan fingerprint density at radius 3 is 2.79 bits per heavy atom. The van der Waals surface area contributed by atoms with Crippen molar-refractivity contribution in [2.75, 3.05) is 5.32 Å². The van der Waals surface area contributed by atoms with E-state index in [1.165, 1.54) is 5.56 Å². The lowest BCUT2D eigenvalue weighted by Crippen LogP contribution is -2.02. The van der Waals surface area contributed by atoms with Gasteiger partial charge in [-0.3, -0.25) is 0 Å². The minimum Gasteiger partial charge on any atom is -0.363 e. The van der Waals surface area contributed by atoms with Crippen molar-refractivity contribution in [3.63, 3.8) is 0 Å². The largest absolute Gasteiger partial charge is 0.363 e. The summed E-state index contributed by atoms with van der Waals surface area (Å²) in [6.45, 7) is 2.77. The van der Waals surface area contributed by atoms with E-state index in [0.29, 0.717) is 6.54 Å². The second kappa shape index (κ2) is 5.10. The third-order valence-electron chi connectivity index (χ3n) is 3.11. The molecule has 2 heterocycles. The number of aromatic nitrogens is 3. The number of hydrogen-bond donors (Lipinski definition) is 2. The van der Waals surface area contributed by atoms with Gasteiger partial charge in [0.05, 0.1) is 17.6 Å². The SMILES string of the molecule is CCc1ccc(NCc2nc3ccccc3[nH]2)nc1. The first-order chi connectivity index (χ1) is 9.35. The normalized spacial score (nSPS) is 10.8. The molecule has 19 heavy (non-hydrogen) atoms. The summed E-state index contributed by atoms with van der Waals surface area (Å²) >= 11 is 0. The Morgan fingerprint density at radius 2 is 2.05 bits per heavy atom. The van der Waals surface area contributed by atoms with Crippen LogP contribution in [0.15, 0.2) is 42.6 Å². The van der Waals surface area contributed by atoms with E-state index in [2.05, 4.69) is 33.3 Å². The highest BCUT2D eigenvalue weighted by Gasteiger charge is 2.02. The zero-order valence-electron chi connectivity index (χ0n) is 10.9. The van der Waals surface area contributed by atoms with Crippen molar-refractivity contribution in [2.45, 2.75) is 19.9 Å². The highest BCUT2D eigenvalue weighted by atomic mass is 15.0. The Labute approximate surface area is 111 Å². The first-order valence-corrected chi connectivity index (χ1v) is 6.47. The standard InChI is InChI=1S/C15H16N4/c1-2-11-7-8-14(16-9-11)17-10-15-18-12-5-3-4-6-13(12)19-15/h3-9H,2,10H2,1H3,(H,16,17)(H,18,19). The topological polar surface area (TPSA) is 53.6 Å². The lowest BCUT2D eigenvalue weighted by Gasteiger charge is -2.03. The van der Waals surface area contributed by atoms with Crippen LogP contribution in [0.1, 0.15) is 18.3 Å². The number of benzene rings is 1. The maximum atomic E-state index is 4.52. The van der Waals surface area contributed by atoms with Crippen LogP contribution in [0, 0.1) is 0 Å². The van der Waals surface area contributed by atoms with Gasteiger partial charge in [-0.15, -0.1) is 0 Å². The molecule has 0 aliphatic heterocycles. The molecule has 96 valence electrons. The molecule has 0 aliphatic carbocycles. The van der Waals surface area contributed by atoms with Crippen LogP contribution >= 0.6 is 0 Å². The maximum absolute atomic E-state index is 4.52. The average Bonchev–Trinajstić information content (AvgIpc) is 2.88. The third kappa shape index (κ3) is 2.57. The summed E-state index contributed by atoms with van der Waals surface area (Å²) in [7, 11) is 0. The molecule has 4 heteroatoms. The summed E-state index contributed by atoms with van der Waals surface area (Å²) in [5.74, 6) is 1.79. The molecular weight excluding hydrogens is 236 g/mol. The van der Waals surface area contributed by atoms with Gasteiger partial charge in [0.2, 0.25) is 0 Å². The van der Waals surface area contributed by atoms with E-state index in [-0.39, 0.29) is 0 Å². The molecule has 0 aliphatic rings. The second-order valence-corrected chi connectivity index (χ2v) is 4.46. The van der Waals surface area contributed by atoms with Gasteiger partial charge in [-0.05, 0) is 30.2 Å². The van der Waals surface area contributed by atoms with Crippen LogP contribution in [0.5, 0.6) is 0 Å². The molecule has 0 unspecified atom stereocenters. The predicted molar refractivity (Wildman–Crippen MR) is 77.0 cm³/mol. The quantitative estimate of drug-likeness (QED) is 0.750. The summed E-state index contributed by atoms with van der Waals surface area (Å²) in [6.07, 6.45) is 2.91. The van der Waals surface area contributed by atoms with Crippen LogP contribution in [0.2, 0.25) is 0 Å². The minimum atomic E-state index is 0.646. The Kier molecular flexibility index (Phi) is 3.14. The molecule has 0 amide bonds. The smallest absolute Gasteiger partial charge is 0.126 e. The number of aromatic amines is 1. The number of pyridine rings is 1. The highest BCUT2D eigenvalue weighted by Crippen LogP contribution is 2.12. The van der Waals surface area contributed by atoms with E-state index in [4.69, 9.17) is 0 Å². The Bertz CT molecular complexity index is 637. The lowest BCUT2D eigenvalue weighted by atomic mass is 10.2. The molecule has 0 saturated carbocycles. The van der Waals surface area contributed by atoms with Crippen molar-refractivity contribution in [1.82, 2.24) is 15.0 Å². The number of aryl methyl sites for hydroxylation is 1. The summed E-state index contributed by atoms with van der Waals surface area (Å²) in [6, 6.07) is 12.1. The minimum absolute atomic E-state index is 0.646. The highest BCUT2D eigenvalue weighted by molar-refractivity contribution is 5.74. The van der Waals surface area contributed by atoms with E-state index >= 15 is 0 Å². The van der Waals surface area contributed by atoms with Gasteiger partial charge in [0, 0.05) is 6.20 Å². The fourth-order valence-corrected chi connectivity index (χ4v) is 2.00. The van der Waals surface area contributed by atoms with Gasteiger partial charge >= 0.3 is 0 Å². The molecule has 4 nitrogen and oxygen atoms in total. The molecule has 1 aromatic carbocycles. The van der Waals surface area contributed by atoms with Crippen molar-refractivity contribution in [3.8, 4) is 0 Å². The van der Waals surface area contributed by atoms with Crippen LogP contribution in [0.3, 0.4) is 0 Å². The number of imidazole rings is 1. The van der Waals surface area contributed by atoms with Crippen molar-refractivity contribution in [3.05, 3.63) is 54.0 Å². The van der Waals surface area contributed by atoms with Crippen LogP contribution in [0.25, 0.3) is 11.0 Å². The van der Waals surface area contributed by atoms with Crippen molar-refractivity contribution in [2.24, 2.45) is 0 Å². The van der Waals surface area contributed by atoms with E-state index in [9.17, 15) is 0 Å². The van der Waals surface area contributed by atoms with Crippen molar-refractivity contribution < 1.29 is 0 Å². The molecule has 0 bridgehead atoms. The predicted octanol–water partition coefficient (Wildman–Crippen LogP) is 3.13. The summed E-state index contributed by atoms with van der Waals surface area (Å²) < 4.78 is 0. The number of anilines is 1. The summed E-state index contributed by atoms with van der Waals surface area (Å²) in [5.41, 5.74) is 3.30. The zero-order valence-corrected chi connectivity index (χ0v) is 10.9. The zero-order chi connectivity index (χ0) is 13.1. The van der Waals surface area contributed by atoms with Crippen molar-refractivity contribution in [1.29, 1.82) is 0 Å². The lowest BCUT2D eigenvalue weighted by molar-refractivity contribution is 0.993.